The Morgan fingerprint density at radius 2 is 1.89 bits per heavy atom. The molecule has 1 rings (SSSR count). The number of hydrogen-bond acceptors (Lipinski definition) is 3. The first-order valence-electron chi connectivity index (χ1n) is 5.95. The lowest BCUT2D eigenvalue weighted by atomic mass is 10.2. The number of methoxy groups -OCH3 is 1. The normalized spacial score (nSPS) is 10.5. The largest absolute Gasteiger partial charge is 0.497 e. The van der Waals surface area contributed by atoms with Gasteiger partial charge >= 0.3 is 6.09 Å². The summed E-state index contributed by atoms with van der Waals surface area (Å²) in [6.07, 6.45) is 4.82. The predicted molar refractivity (Wildman–Crippen MR) is 73.6 cm³/mol. The molecule has 0 atom stereocenters. The predicted octanol–water partition coefficient (Wildman–Crippen LogP) is 3.02. The number of ether oxygens (including phenoxy) is 2. The molecule has 1 amide bonds. The van der Waals surface area contributed by atoms with Crippen LogP contribution in [-0.2, 0) is 11.3 Å². The number of hydrogen-bond donors (Lipinski definition) is 0. The van der Waals surface area contributed by atoms with Gasteiger partial charge in [0.2, 0.25) is 0 Å². The first kappa shape index (κ1) is 14.9. The summed E-state index contributed by atoms with van der Waals surface area (Å²) in [5.41, 5.74) is 0.344. The van der Waals surface area contributed by atoms with E-state index in [1.54, 1.807) is 27.9 Å². The average Bonchev–Trinajstić information content (AvgIpc) is 2.34. The van der Waals surface area contributed by atoms with Crippen molar-refractivity contribution in [2.45, 2.75) is 32.9 Å². The van der Waals surface area contributed by atoms with Crippen LogP contribution in [0.5, 0.6) is 5.75 Å². The van der Waals surface area contributed by atoms with E-state index < -0.39 is 11.7 Å². The average molecular weight is 261 g/mol. The molecule has 0 bridgehead atoms. The Labute approximate surface area is 114 Å². The van der Waals surface area contributed by atoms with Crippen molar-refractivity contribution in [1.29, 1.82) is 0 Å². The van der Waals surface area contributed by atoms with Crippen LogP contribution in [0.4, 0.5) is 4.79 Å². The fraction of sp³-hybridized carbons (Fsp3) is 0.400. The summed E-state index contributed by atoms with van der Waals surface area (Å²) in [6, 6.07) is 9.68. The summed E-state index contributed by atoms with van der Waals surface area (Å²) < 4.78 is 10.3. The van der Waals surface area contributed by atoms with E-state index in [9.17, 15) is 4.79 Å². The molecule has 1 aromatic rings. The molecular formula is C15H19NO3. The summed E-state index contributed by atoms with van der Waals surface area (Å²) >= 11 is 0. The highest BCUT2D eigenvalue weighted by Crippen LogP contribution is 2.15. The second kappa shape index (κ2) is 6.14. The topological polar surface area (TPSA) is 38.8 Å². The highest BCUT2D eigenvalue weighted by molar-refractivity contribution is 5.70. The van der Waals surface area contributed by atoms with Crippen molar-refractivity contribution in [2.24, 2.45) is 0 Å². The Kier molecular flexibility index (Phi) is 4.82. The van der Waals surface area contributed by atoms with Crippen LogP contribution in [0.1, 0.15) is 26.3 Å². The molecule has 0 fully saturated rings. The molecular weight excluding hydrogens is 242 g/mol. The van der Waals surface area contributed by atoms with Crippen molar-refractivity contribution in [3.8, 4) is 18.2 Å². The second-order valence-corrected chi connectivity index (χ2v) is 5.04. The first-order valence-corrected chi connectivity index (χ1v) is 5.95. The van der Waals surface area contributed by atoms with Gasteiger partial charge in [-0.15, -0.1) is 0 Å². The minimum Gasteiger partial charge on any atom is -0.497 e. The van der Waals surface area contributed by atoms with Crippen LogP contribution in [0.2, 0.25) is 0 Å². The van der Waals surface area contributed by atoms with Crippen molar-refractivity contribution in [2.75, 3.05) is 7.11 Å². The van der Waals surface area contributed by atoms with E-state index >= 15 is 0 Å². The molecule has 0 radical (unpaired) electrons. The van der Waals surface area contributed by atoms with E-state index in [2.05, 4.69) is 6.04 Å². The van der Waals surface area contributed by atoms with Crippen LogP contribution in [0.3, 0.4) is 0 Å². The van der Waals surface area contributed by atoms with Crippen LogP contribution in [0.25, 0.3) is 0 Å². The number of benzene rings is 1. The van der Waals surface area contributed by atoms with E-state index in [1.807, 2.05) is 24.3 Å². The third-order valence-electron chi connectivity index (χ3n) is 2.27. The zero-order valence-corrected chi connectivity index (χ0v) is 11.8. The van der Waals surface area contributed by atoms with Crippen molar-refractivity contribution in [3.05, 3.63) is 29.8 Å². The first-order chi connectivity index (χ1) is 8.85. The summed E-state index contributed by atoms with van der Waals surface area (Å²) in [4.78, 5) is 13.1. The maximum absolute atomic E-state index is 11.9. The summed E-state index contributed by atoms with van der Waals surface area (Å²) in [7, 11) is 1.60. The molecule has 0 aromatic heterocycles. The molecule has 0 N–H and O–H groups in total. The van der Waals surface area contributed by atoms with Gasteiger partial charge in [-0.25, -0.2) is 9.69 Å². The third-order valence-corrected chi connectivity index (χ3v) is 2.27. The summed E-state index contributed by atoms with van der Waals surface area (Å²) in [5, 5.41) is 0. The minimum absolute atomic E-state index is 0.301. The van der Waals surface area contributed by atoms with Gasteiger partial charge in [-0.1, -0.05) is 18.6 Å². The molecule has 19 heavy (non-hydrogen) atoms. The van der Waals surface area contributed by atoms with Gasteiger partial charge in [-0.2, -0.15) is 0 Å². The molecule has 1 aromatic carbocycles. The van der Waals surface area contributed by atoms with E-state index in [0.29, 0.717) is 6.54 Å². The lowest BCUT2D eigenvalue weighted by molar-refractivity contribution is 0.0341. The van der Waals surface area contributed by atoms with Crippen molar-refractivity contribution < 1.29 is 14.3 Å². The Hall–Kier alpha value is -2.15. The van der Waals surface area contributed by atoms with Crippen LogP contribution < -0.4 is 4.74 Å². The molecule has 0 saturated heterocycles. The van der Waals surface area contributed by atoms with E-state index in [1.165, 1.54) is 4.90 Å². The van der Waals surface area contributed by atoms with E-state index in [-0.39, 0.29) is 0 Å². The smallest absolute Gasteiger partial charge is 0.422 e. The van der Waals surface area contributed by atoms with Crippen LogP contribution in [0, 0.1) is 12.5 Å². The van der Waals surface area contributed by atoms with E-state index in [0.717, 1.165) is 11.3 Å². The highest BCUT2D eigenvalue weighted by atomic mass is 16.6. The maximum Gasteiger partial charge on any atom is 0.422 e. The molecule has 102 valence electrons. The maximum atomic E-state index is 11.9. The summed E-state index contributed by atoms with van der Waals surface area (Å²) in [5.74, 6) is 0.758. The fourth-order valence-electron chi connectivity index (χ4n) is 1.39. The number of carbonyl (C=O) groups excluding carboxylic acids is 1. The summed E-state index contributed by atoms with van der Waals surface area (Å²) in [6.45, 7) is 5.70. The molecule has 0 unspecified atom stereocenters. The third kappa shape index (κ3) is 4.92. The highest BCUT2D eigenvalue weighted by Gasteiger charge is 2.21. The molecule has 0 aliphatic carbocycles. The van der Waals surface area contributed by atoms with Gasteiger partial charge in [0, 0.05) is 6.04 Å². The Balaban J connectivity index is 2.71. The molecule has 0 heterocycles. The molecule has 0 saturated carbocycles. The van der Waals surface area contributed by atoms with Gasteiger partial charge in [-0.05, 0) is 38.5 Å². The number of amides is 1. The van der Waals surface area contributed by atoms with Crippen molar-refractivity contribution in [1.82, 2.24) is 4.90 Å². The van der Waals surface area contributed by atoms with Gasteiger partial charge in [0.15, 0.2) is 0 Å². The number of nitrogens with zero attached hydrogens (tertiary/aromatic N) is 1. The van der Waals surface area contributed by atoms with Gasteiger partial charge in [0.25, 0.3) is 0 Å². The van der Waals surface area contributed by atoms with Crippen LogP contribution >= 0.6 is 0 Å². The molecule has 0 aliphatic rings. The van der Waals surface area contributed by atoms with Gasteiger partial charge in [-0.3, -0.25) is 0 Å². The monoisotopic (exact) mass is 261 g/mol. The standard InChI is InChI=1S/C15H19NO3/c1-6-16(14(17)19-15(2,3)4)11-12-7-9-13(18-5)10-8-12/h1,7-10H,11H2,2-5H3. The number of terminal acetylenes is 1. The Bertz CT molecular complexity index is 466. The van der Waals surface area contributed by atoms with Crippen LogP contribution in [-0.4, -0.2) is 23.7 Å². The Morgan fingerprint density at radius 1 is 1.32 bits per heavy atom. The zero-order valence-electron chi connectivity index (χ0n) is 11.8. The van der Waals surface area contributed by atoms with E-state index in [4.69, 9.17) is 15.9 Å². The quantitative estimate of drug-likeness (QED) is 0.620. The van der Waals surface area contributed by atoms with Crippen molar-refractivity contribution >= 4 is 6.09 Å². The number of carbonyl (C=O) groups is 1. The lowest BCUT2D eigenvalue weighted by Crippen LogP contribution is -2.33. The lowest BCUT2D eigenvalue weighted by Gasteiger charge is -2.23. The Morgan fingerprint density at radius 3 is 2.32 bits per heavy atom. The molecule has 0 aliphatic heterocycles. The van der Waals surface area contributed by atoms with Crippen LogP contribution in [0.15, 0.2) is 24.3 Å². The van der Waals surface area contributed by atoms with Gasteiger partial charge in [0.05, 0.1) is 13.7 Å². The second-order valence-electron chi connectivity index (χ2n) is 5.04. The zero-order chi connectivity index (χ0) is 14.5. The van der Waals surface area contributed by atoms with Crippen molar-refractivity contribution in [3.63, 3.8) is 0 Å². The number of rotatable bonds is 3. The molecule has 4 heteroatoms. The molecule has 0 spiro atoms. The van der Waals surface area contributed by atoms with Gasteiger partial charge in [0.1, 0.15) is 11.4 Å². The SMILES string of the molecule is C#CN(Cc1ccc(OC)cc1)C(=O)OC(C)(C)C. The fourth-order valence-corrected chi connectivity index (χ4v) is 1.39. The molecule has 4 nitrogen and oxygen atoms in total. The minimum atomic E-state index is -0.563. The van der Waals surface area contributed by atoms with Gasteiger partial charge < -0.3 is 9.47 Å².